The Hall–Kier alpha value is -0.160. The Balaban J connectivity index is 2.13. The van der Waals surface area contributed by atoms with Crippen molar-refractivity contribution in [3.8, 4) is 0 Å². The van der Waals surface area contributed by atoms with Crippen molar-refractivity contribution in [2.24, 2.45) is 0 Å². The summed E-state index contributed by atoms with van der Waals surface area (Å²) in [6.07, 6.45) is 2.82. The highest BCUT2D eigenvalue weighted by Crippen LogP contribution is 2.09. The van der Waals surface area contributed by atoms with Crippen LogP contribution >= 0.6 is 0 Å². The minimum absolute atomic E-state index is 0.230. The van der Waals surface area contributed by atoms with Crippen LogP contribution in [0.5, 0.6) is 0 Å². The molecule has 0 bridgehead atoms. The van der Waals surface area contributed by atoms with Crippen molar-refractivity contribution in [3.63, 3.8) is 0 Å². The second-order valence-corrected chi connectivity index (χ2v) is 4.49. The van der Waals surface area contributed by atoms with Gasteiger partial charge in [-0.25, -0.2) is 0 Å². The zero-order valence-electron chi connectivity index (χ0n) is 10.7. The van der Waals surface area contributed by atoms with Gasteiger partial charge in [0.2, 0.25) is 0 Å². The smallest absolute Gasteiger partial charge is 0.107 e. The summed E-state index contributed by atoms with van der Waals surface area (Å²) in [5.41, 5.74) is 0. The van der Waals surface area contributed by atoms with Crippen molar-refractivity contribution in [2.75, 3.05) is 46.4 Å². The fourth-order valence-electron chi connectivity index (χ4n) is 2.16. The Morgan fingerprint density at radius 1 is 1.25 bits per heavy atom. The summed E-state index contributed by atoms with van der Waals surface area (Å²) in [6, 6.07) is 0. The number of aliphatic hydroxyl groups excluding tert-OH is 1. The van der Waals surface area contributed by atoms with Crippen LogP contribution in [0.4, 0.5) is 0 Å². The lowest BCUT2D eigenvalue weighted by molar-refractivity contribution is -0.0307. The van der Waals surface area contributed by atoms with Gasteiger partial charge in [-0.1, -0.05) is 13.3 Å². The first-order chi connectivity index (χ1) is 7.77. The molecule has 1 atom stereocenters. The van der Waals surface area contributed by atoms with E-state index in [0.29, 0.717) is 0 Å². The molecule has 0 aromatic carbocycles. The second-order valence-electron chi connectivity index (χ2n) is 4.49. The van der Waals surface area contributed by atoms with Crippen LogP contribution in [0.15, 0.2) is 0 Å². The van der Waals surface area contributed by atoms with E-state index < -0.39 is 0 Å². The average Bonchev–Trinajstić information content (AvgIpc) is 2.30. The third-order valence-corrected chi connectivity index (χ3v) is 3.20. The predicted octanol–water partition coefficient (Wildman–Crippen LogP) is 0.759. The molecule has 0 aromatic heterocycles. The number of methoxy groups -OCH3 is 1. The molecule has 16 heavy (non-hydrogen) atoms. The summed E-state index contributed by atoms with van der Waals surface area (Å²) in [5.74, 6) is 0. The molecule has 1 fully saturated rings. The minimum atomic E-state index is -0.230. The highest BCUT2D eigenvalue weighted by Gasteiger charge is 2.20. The van der Waals surface area contributed by atoms with Gasteiger partial charge in [0.15, 0.2) is 0 Å². The van der Waals surface area contributed by atoms with Crippen LogP contribution in [-0.4, -0.2) is 67.6 Å². The van der Waals surface area contributed by atoms with Crippen molar-refractivity contribution in [1.82, 2.24) is 9.80 Å². The van der Waals surface area contributed by atoms with Crippen molar-refractivity contribution in [2.45, 2.75) is 32.4 Å². The molecule has 0 aromatic rings. The van der Waals surface area contributed by atoms with Gasteiger partial charge in [0.05, 0.1) is 0 Å². The van der Waals surface area contributed by atoms with Crippen molar-refractivity contribution >= 4 is 0 Å². The maximum absolute atomic E-state index is 9.86. The molecule has 0 aliphatic carbocycles. The van der Waals surface area contributed by atoms with Gasteiger partial charge in [-0.15, -0.1) is 0 Å². The molecule has 0 saturated carbocycles. The summed E-state index contributed by atoms with van der Waals surface area (Å²) in [5, 5.41) is 9.86. The molecule has 0 spiro atoms. The fraction of sp³-hybridized carbons (Fsp3) is 1.00. The monoisotopic (exact) mass is 230 g/mol. The molecule has 96 valence electrons. The van der Waals surface area contributed by atoms with Gasteiger partial charge in [-0.2, -0.15) is 0 Å². The van der Waals surface area contributed by atoms with Gasteiger partial charge in [0, 0.05) is 46.4 Å². The number of hydrogen-bond donors (Lipinski definition) is 1. The van der Waals surface area contributed by atoms with E-state index in [2.05, 4.69) is 16.7 Å². The molecule has 4 heteroatoms. The summed E-state index contributed by atoms with van der Waals surface area (Å²) in [7, 11) is 1.75. The van der Waals surface area contributed by atoms with Crippen LogP contribution in [-0.2, 0) is 4.74 Å². The molecule has 1 N–H and O–H groups in total. The highest BCUT2D eigenvalue weighted by atomic mass is 16.5. The van der Waals surface area contributed by atoms with Gasteiger partial charge in [-0.05, 0) is 12.8 Å². The van der Waals surface area contributed by atoms with Crippen LogP contribution in [0, 0.1) is 0 Å². The van der Waals surface area contributed by atoms with Crippen LogP contribution in [0.25, 0.3) is 0 Å². The van der Waals surface area contributed by atoms with Gasteiger partial charge in [-0.3, -0.25) is 4.90 Å². The summed E-state index contributed by atoms with van der Waals surface area (Å²) < 4.78 is 5.05. The SMILES string of the molecule is CCCC(O)N1CCN(CCCOC)CC1. The Kier molecular flexibility index (Phi) is 6.96. The van der Waals surface area contributed by atoms with Gasteiger partial charge < -0.3 is 14.7 Å². The Bertz CT molecular complexity index is 170. The van der Waals surface area contributed by atoms with E-state index in [1.165, 1.54) is 0 Å². The number of aliphatic hydroxyl groups is 1. The van der Waals surface area contributed by atoms with E-state index in [1.807, 2.05) is 0 Å². The molecular weight excluding hydrogens is 204 g/mol. The lowest BCUT2D eigenvalue weighted by Crippen LogP contribution is -2.50. The number of piperazine rings is 1. The maximum atomic E-state index is 9.86. The maximum Gasteiger partial charge on any atom is 0.107 e. The van der Waals surface area contributed by atoms with Crippen molar-refractivity contribution < 1.29 is 9.84 Å². The summed E-state index contributed by atoms with van der Waals surface area (Å²) in [4.78, 5) is 4.64. The largest absolute Gasteiger partial charge is 0.385 e. The third-order valence-electron chi connectivity index (χ3n) is 3.20. The Labute approximate surface area is 99.2 Å². The normalized spacial score (nSPS) is 21.2. The molecule has 1 heterocycles. The molecule has 4 nitrogen and oxygen atoms in total. The molecule has 0 radical (unpaired) electrons. The molecule has 0 amide bonds. The topological polar surface area (TPSA) is 35.9 Å². The first-order valence-electron chi connectivity index (χ1n) is 6.41. The van der Waals surface area contributed by atoms with Gasteiger partial charge in [0.25, 0.3) is 0 Å². The Morgan fingerprint density at radius 3 is 2.50 bits per heavy atom. The lowest BCUT2D eigenvalue weighted by Gasteiger charge is -2.37. The molecule has 1 rings (SSSR count). The van der Waals surface area contributed by atoms with Crippen molar-refractivity contribution in [3.05, 3.63) is 0 Å². The first kappa shape index (κ1) is 13.9. The Morgan fingerprint density at radius 2 is 1.94 bits per heavy atom. The third kappa shape index (κ3) is 4.78. The highest BCUT2D eigenvalue weighted by molar-refractivity contribution is 4.73. The van der Waals surface area contributed by atoms with E-state index >= 15 is 0 Å². The van der Waals surface area contributed by atoms with E-state index in [0.717, 1.165) is 58.6 Å². The van der Waals surface area contributed by atoms with E-state index in [-0.39, 0.29) is 6.23 Å². The van der Waals surface area contributed by atoms with Crippen LogP contribution in [0.2, 0.25) is 0 Å². The van der Waals surface area contributed by atoms with Crippen LogP contribution in [0.1, 0.15) is 26.2 Å². The average molecular weight is 230 g/mol. The minimum Gasteiger partial charge on any atom is -0.385 e. The summed E-state index contributed by atoms with van der Waals surface area (Å²) >= 11 is 0. The van der Waals surface area contributed by atoms with Gasteiger partial charge in [0.1, 0.15) is 6.23 Å². The zero-order chi connectivity index (χ0) is 11.8. The van der Waals surface area contributed by atoms with Crippen LogP contribution in [0.3, 0.4) is 0 Å². The number of rotatable bonds is 7. The van der Waals surface area contributed by atoms with Crippen LogP contribution < -0.4 is 0 Å². The van der Waals surface area contributed by atoms with E-state index in [4.69, 9.17) is 4.74 Å². The number of hydrogen-bond acceptors (Lipinski definition) is 4. The predicted molar refractivity (Wildman–Crippen MR) is 65.4 cm³/mol. The molecule has 1 aliphatic rings. The quantitative estimate of drug-likeness (QED) is 0.655. The van der Waals surface area contributed by atoms with E-state index in [9.17, 15) is 5.11 Å². The molecule has 1 aliphatic heterocycles. The number of nitrogens with zero attached hydrogens (tertiary/aromatic N) is 2. The standard InChI is InChI=1S/C12H26N2O2/c1-3-5-12(15)14-9-7-13(8-10-14)6-4-11-16-2/h12,15H,3-11H2,1-2H3. The summed E-state index contributed by atoms with van der Waals surface area (Å²) in [6.45, 7) is 8.21. The van der Waals surface area contributed by atoms with E-state index in [1.54, 1.807) is 7.11 Å². The lowest BCUT2D eigenvalue weighted by atomic mass is 10.2. The molecule has 1 saturated heterocycles. The first-order valence-corrected chi connectivity index (χ1v) is 6.41. The number of ether oxygens (including phenoxy) is 1. The molecular formula is C12H26N2O2. The fourth-order valence-corrected chi connectivity index (χ4v) is 2.16. The van der Waals surface area contributed by atoms with Gasteiger partial charge >= 0.3 is 0 Å². The molecule has 1 unspecified atom stereocenters. The van der Waals surface area contributed by atoms with Crippen molar-refractivity contribution in [1.29, 1.82) is 0 Å². The zero-order valence-corrected chi connectivity index (χ0v) is 10.7. The second kappa shape index (κ2) is 8.01.